The molecule has 0 amide bonds. The van der Waals surface area contributed by atoms with E-state index >= 15 is 0 Å². The number of fused-ring (bicyclic) bond motifs is 1. The monoisotopic (exact) mass is 235 g/mol. The minimum atomic E-state index is -0.911. The summed E-state index contributed by atoms with van der Waals surface area (Å²) >= 11 is 0. The SMILES string of the molecule is CCNCC1COc2cc(C(=O)O)ccc2C1. The summed E-state index contributed by atoms with van der Waals surface area (Å²) < 4.78 is 5.62. The molecule has 92 valence electrons. The molecular weight excluding hydrogens is 218 g/mol. The Morgan fingerprint density at radius 3 is 3.12 bits per heavy atom. The van der Waals surface area contributed by atoms with Crippen LogP contribution in [-0.4, -0.2) is 30.8 Å². The highest BCUT2D eigenvalue weighted by molar-refractivity contribution is 5.88. The molecule has 4 heteroatoms. The second kappa shape index (κ2) is 5.19. The van der Waals surface area contributed by atoms with Gasteiger partial charge < -0.3 is 15.2 Å². The maximum Gasteiger partial charge on any atom is 0.335 e. The predicted molar refractivity (Wildman–Crippen MR) is 64.6 cm³/mol. The molecule has 0 saturated carbocycles. The highest BCUT2D eigenvalue weighted by atomic mass is 16.5. The smallest absolute Gasteiger partial charge is 0.335 e. The third kappa shape index (κ3) is 2.77. The standard InChI is InChI=1S/C13H17NO3/c1-2-14-7-9-5-10-3-4-11(13(15)16)6-12(10)17-8-9/h3-4,6,9,14H,2,5,7-8H2,1H3,(H,15,16). The molecule has 1 atom stereocenters. The fraction of sp³-hybridized carbons (Fsp3) is 0.462. The molecule has 2 rings (SSSR count). The molecule has 0 fully saturated rings. The van der Waals surface area contributed by atoms with Gasteiger partial charge in [-0.25, -0.2) is 4.79 Å². The molecule has 1 aliphatic rings. The maximum absolute atomic E-state index is 10.8. The van der Waals surface area contributed by atoms with Gasteiger partial charge in [-0.2, -0.15) is 0 Å². The van der Waals surface area contributed by atoms with Crippen molar-refractivity contribution in [3.8, 4) is 5.75 Å². The summed E-state index contributed by atoms with van der Waals surface area (Å²) in [6, 6.07) is 5.11. The van der Waals surface area contributed by atoms with Crippen LogP contribution in [0.25, 0.3) is 0 Å². The van der Waals surface area contributed by atoms with Crippen molar-refractivity contribution in [1.29, 1.82) is 0 Å². The van der Waals surface area contributed by atoms with E-state index in [4.69, 9.17) is 9.84 Å². The molecule has 0 bridgehead atoms. The first-order valence-corrected chi connectivity index (χ1v) is 5.90. The Kier molecular flexibility index (Phi) is 3.64. The summed E-state index contributed by atoms with van der Waals surface area (Å²) in [5, 5.41) is 12.2. The highest BCUT2D eigenvalue weighted by Gasteiger charge is 2.20. The van der Waals surface area contributed by atoms with E-state index in [1.807, 2.05) is 6.07 Å². The lowest BCUT2D eigenvalue weighted by Gasteiger charge is -2.25. The molecule has 1 aromatic rings. The van der Waals surface area contributed by atoms with Crippen molar-refractivity contribution in [3.63, 3.8) is 0 Å². The van der Waals surface area contributed by atoms with E-state index < -0.39 is 5.97 Å². The highest BCUT2D eigenvalue weighted by Crippen LogP contribution is 2.28. The van der Waals surface area contributed by atoms with Crippen molar-refractivity contribution in [1.82, 2.24) is 5.32 Å². The first-order chi connectivity index (χ1) is 8.20. The summed E-state index contributed by atoms with van der Waals surface area (Å²) in [5.74, 6) is 0.280. The lowest BCUT2D eigenvalue weighted by molar-refractivity contribution is 0.0696. The molecule has 0 aliphatic carbocycles. The van der Waals surface area contributed by atoms with Gasteiger partial charge in [-0.3, -0.25) is 0 Å². The topological polar surface area (TPSA) is 58.6 Å². The Hall–Kier alpha value is -1.55. The van der Waals surface area contributed by atoms with Gasteiger partial charge >= 0.3 is 5.97 Å². The van der Waals surface area contributed by atoms with Crippen molar-refractivity contribution in [2.45, 2.75) is 13.3 Å². The molecule has 1 heterocycles. The fourth-order valence-electron chi connectivity index (χ4n) is 2.05. The van der Waals surface area contributed by atoms with E-state index in [2.05, 4.69) is 12.2 Å². The van der Waals surface area contributed by atoms with Crippen LogP contribution in [0.15, 0.2) is 18.2 Å². The minimum absolute atomic E-state index is 0.286. The number of nitrogens with one attached hydrogen (secondary N) is 1. The molecule has 4 nitrogen and oxygen atoms in total. The Balaban J connectivity index is 2.09. The van der Waals surface area contributed by atoms with Crippen molar-refractivity contribution < 1.29 is 14.6 Å². The fourth-order valence-corrected chi connectivity index (χ4v) is 2.05. The Morgan fingerprint density at radius 2 is 2.41 bits per heavy atom. The number of aromatic carboxylic acids is 1. The lowest BCUT2D eigenvalue weighted by atomic mass is 9.95. The number of rotatable bonds is 4. The van der Waals surface area contributed by atoms with E-state index in [9.17, 15) is 4.79 Å². The third-order valence-corrected chi connectivity index (χ3v) is 2.98. The second-order valence-electron chi connectivity index (χ2n) is 4.32. The summed E-state index contributed by atoms with van der Waals surface area (Å²) in [6.07, 6.45) is 0.947. The normalized spacial score (nSPS) is 18.3. The van der Waals surface area contributed by atoms with E-state index in [1.54, 1.807) is 12.1 Å². The number of carboxylic acid groups (broad SMARTS) is 1. The molecule has 2 N–H and O–H groups in total. The molecule has 0 saturated heterocycles. The number of benzene rings is 1. The maximum atomic E-state index is 10.8. The van der Waals surface area contributed by atoms with Crippen LogP contribution >= 0.6 is 0 Å². The first kappa shape index (κ1) is 11.9. The van der Waals surface area contributed by atoms with Crippen molar-refractivity contribution in [2.75, 3.05) is 19.7 Å². The minimum Gasteiger partial charge on any atom is -0.493 e. The Morgan fingerprint density at radius 1 is 1.59 bits per heavy atom. The molecule has 0 spiro atoms. The number of carbonyl (C=O) groups is 1. The number of hydrogen-bond donors (Lipinski definition) is 2. The molecule has 1 unspecified atom stereocenters. The Bertz CT molecular complexity index is 417. The summed E-state index contributed by atoms with van der Waals surface area (Å²) in [4.78, 5) is 10.8. The molecule has 1 aromatic carbocycles. The van der Waals surface area contributed by atoms with Crippen LogP contribution in [0.3, 0.4) is 0 Å². The molecule has 17 heavy (non-hydrogen) atoms. The van der Waals surface area contributed by atoms with Crippen LogP contribution in [0.5, 0.6) is 5.75 Å². The number of hydrogen-bond acceptors (Lipinski definition) is 3. The molecule has 0 radical (unpaired) electrons. The lowest BCUT2D eigenvalue weighted by Crippen LogP contribution is -2.31. The van der Waals surface area contributed by atoms with Crippen molar-refractivity contribution in [3.05, 3.63) is 29.3 Å². The largest absolute Gasteiger partial charge is 0.493 e. The van der Waals surface area contributed by atoms with Crippen molar-refractivity contribution in [2.24, 2.45) is 5.92 Å². The van der Waals surface area contributed by atoms with Crippen molar-refractivity contribution >= 4 is 5.97 Å². The quantitative estimate of drug-likeness (QED) is 0.831. The van der Waals surface area contributed by atoms with Gasteiger partial charge in [-0.15, -0.1) is 0 Å². The number of ether oxygens (including phenoxy) is 1. The number of carboxylic acids is 1. The predicted octanol–water partition coefficient (Wildman–Crippen LogP) is 1.55. The summed E-state index contributed by atoms with van der Waals surface area (Å²) in [6.45, 7) is 4.64. The van der Waals surface area contributed by atoms with Gasteiger partial charge in [-0.05, 0) is 30.7 Å². The summed E-state index contributed by atoms with van der Waals surface area (Å²) in [7, 11) is 0. The van der Waals surface area contributed by atoms with E-state index in [1.165, 1.54) is 0 Å². The van der Waals surface area contributed by atoms with Gasteiger partial charge in [-0.1, -0.05) is 13.0 Å². The molecular formula is C13H17NO3. The van der Waals surface area contributed by atoms with E-state index in [0.29, 0.717) is 12.5 Å². The van der Waals surface area contributed by atoms with Gasteiger partial charge in [0.2, 0.25) is 0 Å². The molecule has 1 aliphatic heterocycles. The third-order valence-electron chi connectivity index (χ3n) is 2.98. The zero-order valence-corrected chi connectivity index (χ0v) is 9.90. The van der Waals surface area contributed by atoms with Crippen LogP contribution in [0.2, 0.25) is 0 Å². The van der Waals surface area contributed by atoms with Crippen LogP contribution in [0.1, 0.15) is 22.8 Å². The average Bonchev–Trinajstić information content (AvgIpc) is 2.35. The van der Waals surface area contributed by atoms with E-state index in [0.717, 1.165) is 30.8 Å². The first-order valence-electron chi connectivity index (χ1n) is 5.90. The van der Waals surface area contributed by atoms with Crippen LogP contribution < -0.4 is 10.1 Å². The second-order valence-corrected chi connectivity index (χ2v) is 4.32. The van der Waals surface area contributed by atoms with Gasteiger partial charge in [0.15, 0.2) is 0 Å². The Labute approximate surface area is 101 Å². The zero-order valence-electron chi connectivity index (χ0n) is 9.90. The van der Waals surface area contributed by atoms with Gasteiger partial charge in [0.1, 0.15) is 5.75 Å². The van der Waals surface area contributed by atoms with Crippen LogP contribution in [0, 0.1) is 5.92 Å². The van der Waals surface area contributed by atoms with Crippen LogP contribution in [-0.2, 0) is 6.42 Å². The van der Waals surface area contributed by atoms with Gasteiger partial charge in [0, 0.05) is 12.5 Å². The summed E-state index contributed by atoms with van der Waals surface area (Å²) in [5.41, 5.74) is 1.39. The van der Waals surface area contributed by atoms with Crippen LogP contribution in [0.4, 0.5) is 0 Å². The molecule has 0 aromatic heterocycles. The zero-order chi connectivity index (χ0) is 12.3. The van der Waals surface area contributed by atoms with Gasteiger partial charge in [0.05, 0.1) is 12.2 Å². The average molecular weight is 235 g/mol. The van der Waals surface area contributed by atoms with E-state index in [-0.39, 0.29) is 5.56 Å². The van der Waals surface area contributed by atoms with Gasteiger partial charge in [0.25, 0.3) is 0 Å².